The Bertz CT molecular complexity index is 234. The predicted molar refractivity (Wildman–Crippen MR) is 65.4 cm³/mol. The maximum atomic E-state index is 9.75. The van der Waals surface area contributed by atoms with E-state index in [0.717, 1.165) is 6.42 Å². The lowest BCUT2D eigenvalue weighted by Crippen LogP contribution is -2.29. The fraction of sp³-hybridized carbons (Fsp3) is 0.846. The van der Waals surface area contributed by atoms with Crippen LogP contribution in [-0.4, -0.2) is 37.6 Å². The molecule has 0 radical (unpaired) electrons. The Hall–Kier alpha value is -0.740. The smallest absolute Gasteiger partial charge is 0.271 e. The highest BCUT2D eigenvalue weighted by atomic mass is 16.7. The van der Waals surface area contributed by atoms with Crippen molar-refractivity contribution in [1.82, 2.24) is 0 Å². The number of ether oxygens (including phenoxy) is 3. The van der Waals surface area contributed by atoms with Crippen molar-refractivity contribution in [3.63, 3.8) is 0 Å². The minimum Gasteiger partial charge on any atom is -0.465 e. The van der Waals surface area contributed by atoms with Crippen LogP contribution in [0, 0.1) is 11.3 Å². The van der Waals surface area contributed by atoms with Gasteiger partial charge in [0.25, 0.3) is 5.95 Å². The average molecular weight is 244 g/mol. The van der Waals surface area contributed by atoms with Gasteiger partial charge in [0, 0.05) is 0 Å². The molecule has 1 saturated heterocycles. The fourth-order valence-electron chi connectivity index (χ4n) is 1.74. The highest BCUT2D eigenvalue weighted by molar-refractivity contribution is 4.75. The van der Waals surface area contributed by atoms with Crippen LogP contribution >= 0.6 is 0 Å². The van der Waals surface area contributed by atoms with Crippen molar-refractivity contribution in [2.24, 2.45) is 11.3 Å². The van der Waals surface area contributed by atoms with Crippen molar-refractivity contribution >= 4 is 0 Å². The van der Waals surface area contributed by atoms with Crippen molar-refractivity contribution < 1.29 is 19.3 Å². The van der Waals surface area contributed by atoms with Crippen LogP contribution in [0.2, 0.25) is 0 Å². The molecule has 4 heteroatoms. The molecule has 100 valence electrons. The Balaban J connectivity index is 2.09. The summed E-state index contributed by atoms with van der Waals surface area (Å²) in [6.45, 7) is 12.0. The van der Waals surface area contributed by atoms with Gasteiger partial charge in [-0.15, -0.1) is 0 Å². The molecule has 0 aromatic carbocycles. The first kappa shape index (κ1) is 14.3. The lowest BCUT2D eigenvalue weighted by Gasteiger charge is -2.26. The normalized spacial score (nSPS) is 19.6. The molecule has 1 N–H and O–H groups in total. The molecule has 1 fully saturated rings. The van der Waals surface area contributed by atoms with Crippen LogP contribution in [0.25, 0.3) is 0 Å². The lowest BCUT2D eigenvalue weighted by molar-refractivity contribution is -0.0812. The molecule has 4 nitrogen and oxygen atoms in total. The third kappa shape index (κ3) is 6.54. The van der Waals surface area contributed by atoms with E-state index in [1.165, 1.54) is 0 Å². The number of aliphatic hydroxyl groups is 1. The van der Waals surface area contributed by atoms with Gasteiger partial charge in [-0.2, -0.15) is 0 Å². The molecule has 0 aromatic rings. The molecule has 1 atom stereocenters. The summed E-state index contributed by atoms with van der Waals surface area (Å²) in [7, 11) is 0. The molecule has 1 heterocycles. The van der Waals surface area contributed by atoms with Gasteiger partial charge in [0.05, 0.1) is 38.4 Å². The first-order chi connectivity index (χ1) is 7.87. The Labute approximate surface area is 104 Å². The summed E-state index contributed by atoms with van der Waals surface area (Å²) in [4.78, 5) is 0. The zero-order valence-electron chi connectivity index (χ0n) is 11.1. The second-order valence-corrected chi connectivity index (χ2v) is 5.82. The number of hydrogen-bond acceptors (Lipinski definition) is 4. The summed E-state index contributed by atoms with van der Waals surface area (Å²) in [6, 6.07) is 0. The minimum absolute atomic E-state index is 0.123. The van der Waals surface area contributed by atoms with E-state index in [2.05, 4.69) is 27.4 Å². The van der Waals surface area contributed by atoms with Crippen molar-refractivity contribution in [3.8, 4) is 0 Å². The SMILES string of the molecule is C=C1OCC(COCC(O)CC(C)(C)C)CO1. The van der Waals surface area contributed by atoms with Crippen LogP contribution in [0.1, 0.15) is 27.2 Å². The molecular weight excluding hydrogens is 220 g/mol. The molecule has 1 aliphatic rings. The largest absolute Gasteiger partial charge is 0.465 e. The molecule has 0 aromatic heterocycles. The summed E-state index contributed by atoms with van der Waals surface area (Å²) >= 11 is 0. The lowest BCUT2D eigenvalue weighted by atomic mass is 9.89. The van der Waals surface area contributed by atoms with E-state index in [1.807, 2.05) is 0 Å². The molecule has 1 unspecified atom stereocenters. The van der Waals surface area contributed by atoms with Crippen molar-refractivity contribution in [1.29, 1.82) is 0 Å². The molecule has 1 aliphatic heterocycles. The second kappa shape index (κ2) is 6.26. The summed E-state index contributed by atoms with van der Waals surface area (Å²) in [5.41, 5.74) is 0.123. The van der Waals surface area contributed by atoms with E-state index in [4.69, 9.17) is 14.2 Å². The van der Waals surface area contributed by atoms with Crippen LogP contribution in [0.15, 0.2) is 12.5 Å². The third-order valence-electron chi connectivity index (χ3n) is 2.47. The van der Waals surface area contributed by atoms with Crippen molar-refractivity contribution in [2.75, 3.05) is 26.4 Å². The number of rotatable bonds is 5. The molecule has 0 bridgehead atoms. The van der Waals surface area contributed by atoms with Crippen molar-refractivity contribution in [2.45, 2.75) is 33.3 Å². The first-order valence-electron chi connectivity index (χ1n) is 6.07. The minimum atomic E-state index is -0.407. The van der Waals surface area contributed by atoms with Gasteiger partial charge in [-0.25, -0.2) is 0 Å². The summed E-state index contributed by atoms with van der Waals surface area (Å²) < 4.78 is 15.8. The van der Waals surface area contributed by atoms with Gasteiger partial charge in [-0.3, -0.25) is 0 Å². The Morgan fingerprint density at radius 3 is 2.53 bits per heavy atom. The molecule has 0 amide bonds. The highest BCUT2D eigenvalue weighted by Gasteiger charge is 2.20. The first-order valence-corrected chi connectivity index (χ1v) is 6.07. The summed E-state index contributed by atoms with van der Waals surface area (Å²) in [5, 5.41) is 9.75. The topological polar surface area (TPSA) is 47.9 Å². The average Bonchev–Trinajstić information content (AvgIpc) is 2.18. The molecule has 0 spiro atoms. The van der Waals surface area contributed by atoms with E-state index in [1.54, 1.807) is 0 Å². The molecular formula is C13H24O4. The molecule has 1 rings (SSSR count). The van der Waals surface area contributed by atoms with Crippen LogP contribution in [0.3, 0.4) is 0 Å². The number of hydrogen-bond donors (Lipinski definition) is 1. The third-order valence-corrected chi connectivity index (χ3v) is 2.47. The van der Waals surface area contributed by atoms with Crippen LogP contribution in [0.4, 0.5) is 0 Å². The van der Waals surface area contributed by atoms with Gasteiger partial charge in [0.1, 0.15) is 0 Å². The van der Waals surface area contributed by atoms with E-state index < -0.39 is 6.10 Å². The van der Waals surface area contributed by atoms with Crippen molar-refractivity contribution in [3.05, 3.63) is 12.5 Å². The van der Waals surface area contributed by atoms with E-state index in [9.17, 15) is 5.11 Å². The maximum absolute atomic E-state index is 9.75. The van der Waals surface area contributed by atoms with Gasteiger partial charge in [-0.05, 0) is 18.4 Å². The maximum Gasteiger partial charge on any atom is 0.271 e. The monoisotopic (exact) mass is 244 g/mol. The fourth-order valence-corrected chi connectivity index (χ4v) is 1.74. The van der Waals surface area contributed by atoms with Gasteiger partial charge in [0.2, 0.25) is 0 Å². The van der Waals surface area contributed by atoms with Gasteiger partial charge >= 0.3 is 0 Å². The zero-order chi connectivity index (χ0) is 12.9. The summed E-state index contributed by atoms with van der Waals surface area (Å²) in [5.74, 6) is 0.608. The van der Waals surface area contributed by atoms with Gasteiger partial charge in [0.15, 0.2) is 0 Å². The Morgan fingerprint density at radius 1 is 1.41 bits per heavy atom. The quantitative estimate of drug-likeness (QED) is 0.803. The highest BCUT2D eigenvalue weighted by Crippen LogP contribution is 2.21. The van der Waals surface area contributed by atoms with E-state index in [0.29, 0.717) is 32.4 Å². The van der Waals surface area contributed by atoms with E-state index >= 15 is 0 Å². The predicted octanol–water partition coefficient (Wildman–Crippen LogP) is 1.93. The van der Waals surface area contributed by atoms with Crippen LogP contribution < -0.4 is 0 Å². The molecule has 0 saturated carbocycles. The van der Waals surface area contributed by atoms with Gasteiger partial charge in [-0.1, -0.05) is 20.8 Å². The van der Waals surface area contributed by atoms with Crippen LogP contribution in [0.5, 0.6) is 0 Å². The standard InChI is InChI=1S/C13H24O4/c1-10-16-7-11(8-17-10)6-15-9-12(14)5-13(2,3)4/h11-12,14H,1,5-9H2,2-4H3. The Kier molecular flexibility index (Phi) is 5.28. The second-order valence-electron chi connectivity index (χ2n) is 5.82. The van der Waals surface area contributed by atoms with Gasteiger partial charge < -0.3 is 19.3 Å². The van der Waals surface area contributed by atoms with E-state index in [-0.39, 0.29) is 11.3 Å². The summed E-state index contributed by atoms with van der Waals surface area (Å²) in [6.07, 6.45) is 0.331. The van der Waals surface area contributed by atoms with Crippen LogP contribution in [-0.2, 0) is 14.2 Å². The Morgan fingerprint density at radius 2 is 2.00 bits per heavy atom. The zero-order valence-corrected chi connectivity index (χ0v) is 11.1. The number of aliphatic hydroxyl groups excluding tert-OH is 1. The molecule has 17 heavy (non-hydrogen) atoms. The molecule has 0 aliphatic carbocycles.